The van der Waals surface area contributed by atoms with Crippen LogP contribution in [0, 0.1) is 12.8 Å². The molecule has 1 unspecified atom stereocenters. The van der Waals surface area contributed by atoms with E-state index in [1.54, 1.807) is 12.1 Å². The number of likely N-dealkylation sites (tertiary alicyclic amines) is 1. The van der Waals surface area contributed by atoms with E-state index in [0.29, 0.717) is 21.5 Å². The van der Waals surface area contributed by atoms with Crippen LogP contribution in [-0.4, -0.2) is 61.6 Å². The van der Waals surface area contributed by atoms with E-state index in [1.807, 2.05) is 11.8 Å². The Hall–Kier alpha value is -0.810. The van der Waals surface area contributed by atoms with Gasteiger partial charge in [-0.2, -0.15) is 0 Å². The lowest BCUT2D eigenvalue weighted by atomic mass is 9.96. The largest absolute Gasteiger partial charge is 0.379 e. The normalized spacial score (nSPS) is 22.6. The first-order chi connectivity index (χ1) is 11.5. The third-order valence-electron chi connectivity index (χ3n) is 4.95. The van der Waals surface area contributed by atoms with Crippen LogP contribution in [0.15, 0.2) is 12.1 Å². The minimum Gasteiger partial charge on any atom is -0.379 e. The average molecular weight is 371 g/mol. The third-order valence-corrected chi connectivity index (χ3v) is 5.74. The molecule has 2 aliphatic rings. The van der Waals surface area contributed by atoms with Gasteiger partial charge in [0.1, 0.15) is 0 Å². The lowest BCUT2D eigenvalue weighted by molar-refractivity contribution is 0.0224. The Bertz CT molecular complexity index is 580. The number of hydrogen-bond donors (Lipinski definition) is 0. The lowest BCUT2D eigenvalue weighted by Gasteiger charge is -2.36. The lowest BCUT2D eigenvalue weighted by Crippen LogP contribution is -2.46. The molecule has 0 radical (unpaired) electrons. The molecule has 2 saturated heterocycles. The van der Waals surface area contributed by atoms with Crippen LogP contribution >= 0.6 is 23.2 Å². The van der Waals surface area contributed by atoms with Crippen molar-refractivity contribution < 1.29 is 9.53 Å². The number of carbonyl (C=O) groups is 1. The van der Waals surface area contributed by atoms with Gasteiger partial charge in [-0.1, -0.05) is 23.2 Å². The fraction of sp³-hybridized carbons (Fsp3) is 0.611. The van der Waals surface area contributed by atoms with Crippen LogP contribution in [0.25, 0.3) is 0 Å². The van der Waals surface area contributed by atoms with Crippen molar-refractivity contribution in [3.8, 4) is 0 Å². The summed E-state index contributed by atoms with van der Waals surface area (Å²) >= 11 is 12.4. The molecule has 1 aromatic carbocycles. The summed E-state index contributed by atoms with van der Waals surface area (Å²) in [5, 5.41) is 1.10. The van der Waals surface area contributed by atoms with E-state index < -0.39 is 0 Å². The predicted molar refractivity (Wildman–Crippen MR) is 97.1 cm³/mol. The van der Waals surface area contributed by atoms with Crippen molar-refractivity contribution >= 4 is 29.1 Å². The van der Waals surface area contributed by atoms with Crippen molar-refractivity contribution in [2.75, 3.05) is 45.9 Å². The number of ether oxygens (including phenoxy) is 1. The summed E-state index contributed by atoms with van der Waals surface area (Å²) < 4.78 is 5.41. The number of rotatable bonds is 3. The van der Waals surface area contributed by atoms with Crippen LogP contribution in [-0.2, 0) is 4.74 Å². The molecular weight excluding hydrogens is 347 g/mol. The molecule has 0 aliphatic carbocycles. The van der Waals surface area contributed by atoms with Gasteiger partial charge >= 0.3 is 0 Å². The average Bonchev–Trinajstić information content (AvgIpc) is 2.59. The van der Waals surface area contributed by atoms with Crippen molar-refractivity contribution in [3.05, 3.63) is 33.3 Å². The van der Waals surface area contributed by atoms with Crippen LogP contribution in [0.4, 0.5) is 0 Å². The Labute approximate surface area is 153 Å². The fourth-order valence-electron chi connectivity index (χ4n) is 3.50. The van der Waals surface area contributed by atoms with Gasteiger partial charge in [-0.3, -0.25) is 9.69 Å². The molecule has 2 heterocycles. The van der Waals surface area contributed by atoms with Gasteiger partial charge in [-0.15, -0.1) is 0 Å². The van der Waals surface area contributed by atoms with Crippen molar-refractivity contribution in [2.45, 2.75) is 19.8 Å². The number of hydrogen-bond acceptors (Lipinski definition) is 3. The zero-order chi connectivity index (χ0) is 17.1. The van der Waals surface area contributed by atoms with Crippen molar-refractivity contribution in [3.63, 3.8) is 0 Å². The zero-order valence-corrected chi connectivity index (χ0v) is 15.6. The quantitative estimate of drug-likeness (QED) is 0.816. The zero-order valence-electron chi connectivity index (χ0n) is 14.1. The molecule has 0 bridgehead atoms. The number of morpholine rings is 1. The van der Waals surface area contributed by atoms with Crippen LogP contribution < -0.4 is 0 Å². The van der Waals surface area contributed by atoms with E-state index in [2.05, 4.69) is 4.90 Å². The molecule has 3 rings (SSSR count). The van der Waals surface area contributed by atoms with Crippen molar-refractivity contribution in [1.82, 2.24) is 9.80 Å². The summed E-state index contributed by atoms with van der Waals surface area (Å²) in [6, 6.07) is 3.47. The number of nitrogens with zero attached hydrogens (tertiary/aromatic N) is 2. The number of halogens is 2. The van der Waals surface area contributed by atoms with Gasteiger partial charge in [0.2, 0.25) is 0 Å². The summed E-state index contributed by atoms with van der Waals surface area (Å²) in [5.74, 6) is 0.558. The van der Waals surface area contributed by atoms with E-state index in [0.717, 1.165) is 57.9 Å². The second-order valence-electron chi connectivity index (χ2n) is 6.74. The molecular formula is C18H24Cl2N2O2. The minimum absolute atomic E-state index is 0.0328. The first-order valence-electron chi connectivity index (χ1n) is 8.59. The third kappa shape index (κ3) is 4.23. The number of benzene rings is 1. The highest BCUT2D eigenvalue weighted by molar-refractivity contribution is 6.36. The second kappa shape index (κ2) is 8.05. The molecule has 1 atom stereocenters. The topological polar surface area (TPSA) is 32.8 Å². The van der Waals surface area contributed by atoms with E-state index in [4.69, 9.17) is 27.9 Å². The SMILES string of the molecule is Cc1c(Cl)cc(C(=O)N2CCCC(CN3CCOCC3)C2)cc1Cl. The van der Waals surface area contributed by atoms with E-state index in [9.17, 15) is 4.79 Å². The minimum atomic E-state index is 0.0328. The van der Waals surface area contributed by atoms with E-state index >= 15 is 0 Å². The predicted octanol–water partition coefficient (Wildman–Crippen LogP) is 3.49. The molecule has 24 heavy (non-hydrogen) atoms. The van der Waals surface area contributed by atoms with Gasteiger partial charge in [0, 0.05) is 48.3 Å². The van der Waals surface area contributed by atoms with Crippen molar-refractivity contribution in [2.24, 2.45) is 5.92 Å². The Morgan fingerprint density at radius 1 is 1.21 bits per heavy atom. The van der Waals surface area contributed by atoms with Gasteiger partial charge < -0.3 is 9.64 Å². The summed E-state index contributed by atoms with van der Waals surface area (Å²) in [6.07, 6.45) is 2.23. The molecule has 1 aromatic rings. The molecule has 2 fully saturated rings. The van der Waals surface area contributed by atoms with Crippen molar-refractivity contribution in [1.29, 1.82) is 0 Å². The van der Waals surface area contributed by atoms with Crippen LogP contribution in [0.2, 0.25) is 10.0 Å². The Balaban J connectivity index is 1.64. The van der Waals surface area contributed by atoms with Gasteiger partial charge in [0.15, 0.2) is 0 Å². The highest BCUT2D eigenvalue weighted by atomic mass is 35.5. The van der Waals surface area contributed by atoms with E-state index in [1.165, 1.54) is 6.42 Å². The molecule has 132 valence electrons. The summed E-state index contributed by atoms with van der Waals surface area (Å²) in [4.78, 5) is 17.2. The van der Waals surface area contributed by atoms with Gasteiger partial charge in [-0.05, 0) is 43.4 Å². The molecule has 0 N–H and O–H groups in total. The smallest absolute Gasteiger partial charge is 0.253 e. The molecule has 4 nitrogen and oxygen atoms in total. The molecule has 1 amide bonds. The second-order valence-corrected chi connectivity index (χ2v) is 7.55. The maximum absolute atomic E-state index is 12.8. The molecule has 6 heteroatoms. The first-order valence-corrected chi connectivity index (χ1v) is 9.35. The van der Waals surface area contributed by atoms with Gasteiger partial charge in [0.25, 0.3) is 5.91 Å². The Kier molecular flexibility index (Phi) is 6.03. The Morgan fingerprint density at radius 3 is 2.54 bits per heavy atom. The van der Waals surface area contributed by atoms with Crippen LogP contribution in [0.3, 0.4) is 0 Å². The standard InChI is InChI=1S/C18H24Cl2N2O2/c1-13-16(19)9-15(10-17(13)20)18(23)22-4-2-3-14(12-22)11-21-5-7-24-8-6-21/h9-10,14H,2-8,11-12H2,1H3. The number of piperidine rings is 1. The summed E-state index contributed by atoms with van der Waals surface area (Å²) in [5.41, 5.74) is 1.40. The number of carbonyl (C=O) groups excluding carboxylic acids is 1. The maximum atomic E-state index is 12.8. The number of amides is 1. The van der Waals surface area contributed by atoms with Crippen LogP contribution in [0.5, 0.6) is 0 Å². The molecule has 0 aromatic heterocycles. The highest BCUT2D eigenvalue weighted by Crippen LogP contribution is 2.27. The molecule has 0 spiro atoms. The van der Waals surface area contributed by atoms with Gasteiger partial charge in [0.05, 0.1) is 13.2 Å². The van der Waals surface area contributed by atoms with Gasteiger partial charge in [-0.25, -0.2) is 0 Å². The maximum Gasteiger partial charge on any atom is 0.253 e. The molecule has 0 saturated carbocycles. The molecule has 2 aliphatic heterocycles. The first kappa shape index (κ1) is 18.0. The summed E-state index contributed by atoms with van der Waals surface area (Å²) in [6.45, 7) is 8.13. The fourth-order valence-corrected chi connectivity index (χ4v) is 3.99. The highest BCUT2D eigenvalue weighted by Gasteiger charge is 2.27. The Morgan fingerprint density at radius 2 is 1.88 bits per heavy atom. The van der Waals surface area contributed by atoms with E-state index in [-0.39, 0.29) is 5.91 Å². The monoisotopic (exact) mass is 370 g/mol. The van der Waals surface area contributed by atoms with Crippen LogP contribution in [0.1, 0.15) is 28.8 Å². The summed E-state index contributed by atoms with van der Waals surface area (Å²) in [7, 11) is 0.